The fraction of sp³-hybridized carbons (Fsp3) is 0.600. The summed E-state index contributed by atoms with van der Waals surface area (Å²) in [6, 6.07) is 8.97. The molecule has 0 saturated carbocycles. The molecule has 18 heavy (non-hydrogen) atoms. The highest BCUT2D eigenvalue weighted by Crippen LogP contribution is 2.15. The first-order valence-electron chi connectivity index (χ1n) is 6.72. The van der Waals surface area contributed by atoms with E-state index in [-0.39, 0.29) is 0 Å². The summed E-state index contributed by atoms with van der Waals surface area (Å²) >= 11 is 0. The number of ether oxygens (including phenoxy) is 1. The number of benzene rings is 1. The molecule has 2 rings (SSSR count). The van der Waals surface area contributed by atoms with Gasteiger partial charge in [-0.05, 0) is 26.0 Å². The van der Waals surface area contributed by atoms with Gasteiger partial charge in [0, 0.05) is 31.7 Å². The van der Waals surface area contributed by atoms with E-state index < -0.39 is 0 Å². The SMILES string of the molecule is Cc1cccc(CN(C)CC2COCCC2N)c1. The number of rotatable bonds is 4. The third-order valence-electron chi connectivity index (χ3n) is 3.61. The van der Waals surface area contributed by atoms with Gasteiger partial charge in [-0.15, -0.1) is 0 Å². The van der Waals surface area contributed by atoms with E-state index in [1.807, 2.05) is 0 Å². The van der Waals surface area contributed by atoms with E-state index in [1.54, 1.807) is 0 Å². The van der Waals surface area contributed by atoms with Crippen molar-refractivity contribution in [2.75, 3.05) is 26.8 Å². The molecule has 1 aliphatic heterocycles. The summed E-state index contributed by atoms with van der Waals surface area (Å²) in [6.45, 7) is 5.74. The highest BCUT2D eigenvalue weighted by Gasteiger charge is 2.23. The van der Waals surface area contributed by atoms with Crippen molar-refractivity contribution in [3.8, 4) is 0 Å². The summed E-state index contributed by atoms with van der Waals surface area (Å²) in [5.41, 5.74) is 8.82. The lowest BCUT2D eigenvalue weighted by molar-refractivity contribution is 0.0286. The predicted octanol–water partition coefficient (Wildman–Crippen LogP) is 1.79. The quantitative estimate of drug-likeness (QED) is 0.883. The van der Waals surface area contributed by atoms with E-state index in [1.165, 1.54) is 11.1 Å². The van der Waals surface area contributed by atoms with Crippen LogP contribution in [0.5, 0.6) is 0 Å². The average molecular weight is 248 g/mol. The largest absolute Gasteiger partial charge is 0.381 e. The molecule has 1 fully saturated rings. The molecule has 3 nitrogen and oxygen atoms in total. The molecule has 2 atom stereocenters. The van der Waals surface area contributed by atoms with Crippen LogP contribution in [0, 0.1) is 12.8 Å². The van der Waals surface area contributed by atoms with E-state index in [0.29, 0.717) is 12.0 Å². The van der Waals surface area contributed by atoms with Gasteiger partial charge in [-0.25, -0.2) is 0 Å². The van der Waals surface area contributed by atoms with E-state index in [4.69, 9.17) is 10.5 Å². The molecule has 100 valence electrons. The summed E-state index contributed by atoms with van der Waals surface area (Å²) in [5.74, 6) is 0.466. The second-order valence-corrected chi connectivity index (χ2v) is 5.47. The highest BCUT2D eigenvalue weighted by atomic mass is 16.5. The zero-order valence-corrected chi connectivity index (χ0v) is 11.4. The fourth-order valence-electron chi connectivity index (χ4n) is 2.59. The molecule has 1 heterocycles. The molecule has 1 aromatic carbocycles. The second-order valence-electron chi connectivity index (χ2n) is 5.47. The second kappa shape index (κ2) is 6.32. The molecular weight excluding hydrogens is 224 g/mol. The van der Waals surface area contributed by atoms with Crippen molar-refractivity contribution in [3.05, 3.63) is 35.4 Å². The lowest BCUT2D eigenvalue weighted by Gasteiger charge is -2.32. The average Bonchev–Trinajstić information content (AvgIpc) is 2.32. The first-order chi connectivity index (χ1) is 8.65. The van der Waals surface area contributed by atoms with Crippen LogP contribution in [0.15, 0.2) is 24.3 Å². The van der Waals surface area contributed by atoms with Gasteiger partial charge in [-0.1, -0.05) is 29.8 Å². The zero-order valence-electron chi connectivity index (χ0n) is 11.4. The smallest absolute Gasteiger partial charge is 0.0521 e. The van der Waals surface area contributed by atoms with Gasteiger partial charge in [0.25, 0.3) is 0 Å². The van der Waals surface area contributed by atoms with Crippen LogP contribution >= 0.6 is 0 Å². The molecule has 0 bridgehead atoms. The Bertz CT molecular complexity index is 381. The maximum atomic E-state index is 6.14. The molecule has 0 aromatic heterocycles. The summed E-state index contributed by atoms with van der Waals surface area (Å²) in [7, 11) is 2.16. The minimum Gasteiger partial charge on any atom is -0.381 e. The molecule has 2 unspecified atom stereocenters. The molecule has 1 aliphatic rings. The maximum Gasteiger partial charge on any atom is 0.0521 e. The Hall–Kier alpha value is -0.900. The van der Waals surface area contributed by atoms with Gasteiger partial charge in [0.2, 0.25) is 0 Å². The standard InChI is InChI=1S/C15H24N2O/c1-12-4-3-5-13(8-12)9-17(2)10-14-11-18-7-6-15(14)16/h3-5,8,14-15H,6-7,9-11,16H2,1-2H3. The van der Waals surface area contributed by atoms with Crippen molar-refractivity contribution >= 4 is 0 Å². The number of hydrogen-bond acceptors (Lipinski definition) is 3. The normalized spacial score (nSPS) is 24.4. The van der Waals surface area contributed by atoms with Crippen molar-refractivity contribution in [1.29, 1.82) is 0 Å². The van der Waals surface area contributed by atoms with Crippen LogP contribution in [0.1, 0.15) is 17.5 Å². The molecular formula is C15H24N2O. The first kappa shape index (κ1) is 13.5. The summed E-state index contributed by atoms with van der Waals surface area (Å²) in [6.07, 6.45) is 0.989. The Kier molecular flexibility index (Phi) is 4.75. The van der Waals surface area contributed by atoms with E-state index in [0.717, 1.165) is 32.7 Å². The lowest BCUT2D eigenvalue weighted by Crippen LogP contribution is -2.44. The number of nitrogens with two attached hydrogens (primary N) is 1. The van der Waals surface area contributed by atoms with E-state index in [9.17, 15) is 0 Å². The Labute approximate surface area is 110 Å². The van der Waals surface area contributed by atoms with Crippen LogP contribution in [-0.4, -0.2) is 37.7 Å². The summed E-state index contributed by atoms with van der Waals surface area (Å²) in [5, 5.41) is 0. The molecule has 0 radical (unpaired) electrons. The molecule has 3 heteroatoms. The number of aryl methyl sites for hydroxylation is 1. The van der Waals surface area contributed by atoms with Crippen LogP contribution in [0.3, 0.4) is 0 Å². The monoisotopic (exact) mass is 248 g/mol. The molecule has 1 aromatic rings. The van der Waals surface area contributed by atoms with E-state index in [2.05, 4.69) is 43.1 Å². The number of hydrogen-bond donors (Lipinski definition) is 1. The van der Waals surface area contributed by atoms with Crippen molar-refractivity contribution in [1.82, 2.24) is 4.90 Å². The van der Waals surface area contributed by atoms with Crippen LogP contribution in [0.4, 0.5) is 0 Å². The van der Waals surface area contributed by atoms with Gasteiger partial charge < -0.3 is 15.4 Å². The molecule has 0 aliphatic carbocycles. The topological polar surface area (TPSA) is 38.5 Å². The molecule has 1 saturated heterocycles. The Morgan fingerprint density at radius 2 is 2.28 bits per heavy atom. The third-order valence-corrected chi connectivity index (χ3v) is 3.61. The van der Waals surface area contributed by atoms with Crippen molar-refractivity contribution < 1.29 is 4.74 Å². The Balaban J connectivity index is 1.86. The molecule has 0 amide bonds. The van der Waals surface area contributed by atoms with Gasteiger partial charge >= 0.3 is 0 Å². The van der Waals surface area contributed by atoms with Gasteiger partial charge in [0.1, 0.15) is 0 Å². The Morgan fingerprint density at radius 1 is 1.44 bits per heavy atom. The first-order valence-corrected chi connectivity index (χ1v) is 6.72. The third kappa shape index (κ3) is 3.80. The predicted molar refractivity (Wildman–Crippen MR) is 74.4 cm³/mol. The lowest BCUT2D eigenvalue weighted by atomic mass is 9.96. The summed E-state index contributed by atoms with van der Waals surface area (Å²) in [4.78, 5) is 2.34. The number of nitrogens with zero attached hydrogens (tertiary/aromatic N) is 1. The van der Waals surface area contributed by atoms with Gasteiger partial charge in [0.15, 0.2) is 0 Å². The fourth-order valence-corrected chi connectivity index (χ4v) is 2.59. The Morgan fingerprint density at radius 3 is 3.00 bits per heavy atom. The molecule has 0 spiro atoms. The zero-order chi connectivity index (χ0) is 13.0. The maximum absolute atomic E-state index is 6.14. The van der Waals surface area contributed by atoms with Crippen molar-refractivity contribution in [2.45, 2.75) is 25.9 Å². The van der Waals surface area contributed by atoms with Gasteiger partial charge in [-0.2, -0.15) is 0 Å². The minimum atomic E-state index is 0.290. The van der Waals surface area contributed by atoms with Gasteiger partial charge in [0.05, 0.1) is 6.61 Å². The van der Waals surface area contributed by atoms with Gasteiger partial charge in [-0.3, -0.25) is 0 Å². The highest BCUT2D eigenvalue weighted by molar-refractivity contribution is 5.22. The van der Waals surface area contributed by atoms with Crippen LogP contribution < -0.4 is 5.73 Å². The molecule has 2 N–H and O–H groups in total. The van der Waals surface area contributed by atoms with Crippen LogP contribution in [0.25, 0.3) is 0 Å². The van der Waals surface area contributed by atoms with Crippen LogP contribution in [0.2, 0.25) is 0 Å². The van der Waals surface area contributed by atoms with E-state index >= 15 is 0 Å². The summed E-state index contributed by atoms with van der Waals surface area (Å²) < 4.78 is 5.52. The van der Waals surface area contributed by atoms with Crippen LogP contribution in [-0.2, 0) is 11.3 Å². The van der Waals surface area contributed by atoms with Crippen molar-refractivity contribution in [2.24, 2.45) is 11.7 Å². The minimum absolute atomic E-state index is 0.290. The van der Waals surface area contributed by atoms with Crippen molar-refractivity contribution in [3.63, 3.8) is 0 Å².